The first-order valence-electron chi connectivity index (χ1n) is 9.28. The average Bonchev–Trinajstić information content (AvgIpc) is 3.25. The summed E-state index contributed by atoms with van der Waals surface area (Å²) in [6.45, 7) is 1.02. The summed E-state index contributed by atoms with van der Waals surface area (Å²) in [5.74, 6) is -3.31. The predicted molar refractivity (Wildman–Crippen MR) is 102 cm³/mol. The maximum Gasteiger partial charge on any atom is 0.274 e. The quantitative estimate of drug-likeness (QED) is 0.662. The number of piperazine rings is 1. The van der Waals surface area contributed by atoms with Crippen LogP contribution >= 0.6 is 0 Å². The zero-order chi connectivity index (χ0) is 21.3. The smallest absolute Gasteiger partial charge is 0.274 e. The average molecular weight is 414 g/mol. The minimum absolute atomic E-state index is 0.0531. The third-order valence-corrected chi connectivity index (χ3v) is 4.93. The molecule has 1 fully saturated rings. The molecule has 0 unspecified atom stereocenters. The molecule has 3 aromatic rings. The van der Waals surface area contributed by atoms with Gasteiger partial charge in [-0.3, -0.25) is 9.59 Å². The number of hydrogen-bond donors (Lipinski definition) is 0. The van der Waals surface area contributed by atoms with E-state index in [1.54, 1.807) is 23.1 Å². The van der Waals surface area contributed by atoms with Gasteiger partial charge < -0.3 is 9.80 Å². The number of halogens is 3. The highest BCUT2D eigenvalue weighted by atomic mass is 19.2. The van der Waals surface area contributed by atoms with E-state index in [4.69, 9.17) is 0 Å². The van der Waals surface area contributed by atoms with Crippen molar-refractivity contribution in [2.75, 3.05) is 26.2 Å². The van der Waals surface area contributed by atoms with Crippen molar-refractivity contribution in [1.82, 2.24) is 19.6 Å². The molecule has 2 heterocycles. The Hall–Kier alpha value is -3.62. The van der Waals surface area contributed by atoms with E-state index in [0.717, 1.165) is 12.1 Å². The van der Waals surface area contributed by atoms with Gasteiger partial charge in [-0.2, -0.15) is 5.10 Å². The lowest BCUT2D eigenvalue weighted by atomic mass is 10.1. The van der Waals surface area contributed by atoms with Crippen LogP contribution in [0.1, 0.15) is 20.8 Å². The molecule has 0 spiro atoms. The van der Waals surface area contributed by atoms with E-state index in [1.807, 2.05) is 0 Å². The van der Waals surface area contributed by atoms with E-state index < -0.39 is 23.4 Å². The summed E-state index contributed by atoms with van der Waals surface area (Å²) >= 11 is 0. The molecule has 0 saturated carbocycles. The van der Waals surface area contributed by atoms with Gasteiger partial charge >= 0.3 is 0 Å². The number of benzene rings is 2. The molecule has 1 aliphatic heterocycles. The van der Waals surface area contributed by atoms with Gasteiger partial charge in [-0.1, -0.05) is 12.1 Å². The SMILES string of the molecule is O=C(c1ccc(F)c(F)c1)N1CCN(C(=O)c2ccn(-c3ccccc3F)n2)CC1. The van der Waals surface area contributed by atoms with Gasteiger partial charge in [-0.25, -0.2) is 17.9 Å². The first kappa shape index (κ1) is 19.7. The molecule has 6 nitrogen and oxygen atoms in total. The summed E-state index contributed by atoms with van der Waals surface area (Å²) in [6, 6.07) is 10.6. The Morgan fingerprint density at radius 1 is 0.767 bits per heavy atom. The predicted octanol–water partition coefficient (Wildman–Crippen LogP) is 2.89. The van der Waals surface area contributed by atoms with E-state index >= 15 is 0 Å². The lowest BCUT2D eigenvalue weighted by molar-refractivity contribution is 0.0531. The van der Waals surface area contributed by atoms with Gasteiger partial charge in [0.2, 0.25) is 0 Å². The maximum absolute atomic E-state index is 13.9. The Bertz CT molecular complexity index is 1110. The summed E-state index contributed by atoms with van der Waals surface area (Å²) < 4.78 is 41.7. The minimum atomic E-state index is -1.08. The van der Waals surface area contributed by atoms with Crippen molar-refractivity contribution in [1.29, 1.82) is 0 Å². The van der Waals surface area contributed by atoms with Crippen LogP contribution in [0, 0.1) is 17.5 Å². The van der Waals surface area contributed by atoms with Gasteiger partial charge in [0.1, 0.15) is 11.5 Å². The van der Waals surface area contributed by atoms with E-state index in [0.29, 0.717) is 0 Å². The molecule has 9 heteroatoms. The van der Waals surface area contributed by atoms with Gasteiger partial charge in [0, 0.05) is 37.9 Å². The highest BCUT2D eigenvalue weighted by Crippen LogP contribution is 2.16. The van der Waals surface area contributed by atoms with Gasteiger partial charge in [0.25, 0.3) is 11.8 Å². The largest absolute Gasteiger partial charge is 0.335 e. The highest BCUT2D eigenvalue weighted by molar-refractivity contribution is 5.95. The van der Waals surface area contributed by atoms with Crippen molar-refractivity contribution in [2.24, 2.45) is 0 Å². The molecule has 0 bridgehead atoms. The van der Waals surface area contributed by atoms with Crippen LogP contribution in [0.15, 0.2) is 54.7 Å². The number of nitrogens with zero attached hydrogens (tertiary/aromatic N) is 4. The van der Waals surface area contributed by atoms with E-state index in [1.165, 1.54) is 34.0 Å². The van der Waals surface area contributed by atoms with Crippen LogP contribution in [-0.2, 0) is 0 Å². The number of carbonyl (C=O) groups is 2. The number of rotatable bonds is 3. The molecule has 4 rings (SSSR count). The van der Waals surface area contributed by atoms with Gasteiger partial charge in [0.15, 0.2) is 17.3 Å². The Kier molecular flexibility index (Phi) is 5.26. The fourth-order valence-electron chi connectivity index (χ4n) is 3.30. The van der Waals surface area contributed by atoms with Crippen LogP contribution in [0.4, 0.5) is 13.2 Å². The monoisotopic (exact) mass is 414 g/mol. The minimum Gasteiger partial charge on any atom is -0.335 e. The van der Waals surface area contributed by atoms with Gasteiger partial charge in [0.05, 0.1) is 0 Å². The fourth-order valence-corrected chi connectivity index (χ4v) is 3.30. The third-order valence-electron chi connectivity index (χ3n) is 4.93. The Morgan fingerprint density at radius 3 is 2.10 bits per heavy atom. The highest BCUT2D eigenvalue weighted by Gasteiger charge is 2.27. The van der Waals surface area contributed by atoms with Crippen molar-refractivity contribution in [3.63, 3.8) is 0 Å². The normalized spacial score (nSPS) is 14.1. The van der Waals surface area contributed by atoms with Crippen molar-refractivity contribution >= 4 is 11.8 Å². The van der Waals surface area contributed by atoms with Crippen LogP contribution in [0.5, 0.6) is 0 Å². The van der Waals surface area contributed by atoms with Crippen molar-refractivity contribution < 1.29 is 22.8 Å². The number of hydrogen-bond acceptors (Lipinski definition) is 3. The Balaban J connectivity index is 1.40. The topological polar surface area (TPSA) is 58.4 Å². The van der Waals surface area contributed by atoms with Crippen molar-refractivity contribution in [2.45, 2.75) is 0 Å². The van der Waals surface area contributed by atoms with Gasteiger partial charge in [-0.05, 0) is 36.4 Å². The summed E-state index contributed by atoms with van der Waals surface area (Å²) in [4.78, 5) is 28.2. The first-order valence-corrected chi connectivity index (χ1v) is 9.28. The maximum atomic E-state index is 13.9. The number of carbonyl (C=O) groups excluding carboxylic acids is 2. The first-order chi connectivity index (χ1) is 14.4. The lowest BCUT2D eigenvalue weighted by Crippen LogP contribution is -2.50. The molecule has 30 heavy (non-hydrogen) atoms. The van der Waals surface area contributed by atoms with Crippen molar-refractivity contribution in [3.05, 3.63) is 83.4 Å². The molecule has 1 saturated heterocycles. The molecule has 0 N–H and O–H groups in total. The summed E-state index contributed by atoms with van der Waals surface area (Å²) in [6.07, 6.45) is 1.51. The third kappa shape index (κ3) is 3.78. The second kappa shape index (κ2) is 8.02. The van der Waals surface area contributed by atoms with Crippen molar-refractivity contribution in [3.8, 4) is 5.69 Å². The Morgan fingerprint density at radius 2 is 1.43 bits per heavy atom. The molecule has 0 radical (unpaired) electrons. The molecule has 0 aliphatic carbocycles. The molecule has 154 valence electrons. The molecule has 1 aliphatic rings. The van der Waals surface area contributed by atoms with E-state index in [-0.39, 0.29) is 49.0 Å². The fraction of sp³-hybridized carbons (Fsp3) is 0.190. The number of para-hydroxylation sites is 1. The van der Waals surface area contributed by atoms with E-state index in [2.05, 4.69) is 5.10 Å². The number of aromatic nitrogens is 2. The molecular weight excluding hydrogens is 397 g/mol. The van der Waals surface area contributed by atoms with Crippen LogP contribution in [-0.4, -0.2) is 57.6 Å². The molecule has 2 amide bonds. The summed E-state index contributed by atoms with van der Waals surface area (Å²) in [7, 11) is 0. The van der Waals surface area contributed by atoms with E-state index in [9.17, 15) is 22.8 Å². The second-order valence-corrected chi connectivity index (χ2v) is 6.81. The molecule has 0 atom stereocenters. The summed E-state index contributed by atoms with van der Waals surface area (Å²) in [5, 5.41) is 4.16. The van der Waals surface area contributed by atoms with Crippen LogP contribution in [0.25, 0.3) is 5.69 Å². The molecular formula is C21H17F3N4O2. The zero-order valence-corrected chi connectivity index (χ0v) is 15.8. The zero-order valence-electron chi connectivity index (χ0n) is 15.8. The molecule has 2 aromatic carbocycles. The number of amides is 2. The summed E-state index contributed by atoms with van der Waals surface area (Å²) in [5.41, 5.74) is 0.453. The standard InChI is InChI=1S/C21H17F3N4O2/c22-15-6-5-14(13-17(15)24)20(29)26-9-11-27(12-10-26)21(30)18-7-8-28(25-18)19-4-2-1-3-16(19)23/h1-8,13H,9-12H2. The van der Waals surface area contributed by atoms with Crippen LogP contribution in [0.2, 0.25) is 0 Å². The Labute approximate surface area is 170 Å². The van der Waals surface area contributed by atoms with Gasteiger partial charge in [-0.15, -0.1) is 0 Å². The van der Waals surface area contributed by atoms with Crippen LogP contribution in [0.3, 0.4) is 0 Å². The lowest BCUT2D eigenvalue weighted by Gasteiger charge is -2.34. The van der Waals surface area contributed by atoms with Crippen LogP contribution < -0.4 is 0 Å². The molecule has 1 aromatic heterocycles. The second-order valence-electron chi connectivity index (χ2n) is 6.81.